The summed E-state index contributed by atoms with van der Waals surface area (Å²) >= 11 is 12.7. The largest absolute Gasteiger partial charge is 0.343 e. The molecule has 2 aliphatic rings. The molecule has 41 heavy (non-hydrogen) atoms. The maximum Gasteiger partial charge on any atom is 0.253 e. The molecule has 0 aromatic heterocycles. The number of rotatable bonds is 5. The van der Waals surface area contributed by atoms with E-state index in [4.69, 9.17) is 23.2 Å². The Kier molecular flexibility index (Phi) is 9.00. The van der Waals surface area contributed by atoms with Crippen LogP contribution in [0.15, 0.2) is 72.8 Å². The van der Waals surface area contributed by atoms with E-state index in [0.29, 0.717) is 61.1 Å². The molecule has 5 rings (SSSR count). The summed E-state index contributed by atoms with van der Waals surface area (Å²) in [4.78, 5) is 44.6. The van der Waals surface area contributed by atoms with Crippen molar-refractivity contribution in [3.05, 3.63) is 94.0 Å². The molecule has 3 aromatic carbocycles. The molecule has 0 bridgehead atoms. The van der Waals surface area contributed by atoms with Crippen molar-refractivity contribution in [1.29, 1.82) is 0 Å². The summed E-state index contributed by atoms with van der Waals surface area (Å²) in [5.41, 5.74) is 3.73. The zero-order valence-electron chi connectivity index (χ0n) is 23.4. The Morgan fingerprint density at radius 3 is 2.05 bits per heavy atom. The fourth-order valence-electron chi connectivity index (χ4n) is 6.16. The number of carbonyl (C=O) groups excluding carboxylic acids is 3. The number of likely N-dealkylation sites (N-methyl/N-ethyl adjacent to an activating group) is 1. The molecule has 2 fully saturated rings. The molecule has 2 aliphatic heterocycles. The third-order valence-corrected chi connectivity index (χ3v) is 9.35. The lowest BCUT2D eigenvalue weighted by molar-refractivity contribution is -0.141. The van der Waals surface area contributed by atoms with Crippen LogP contribution in [0.2, 0.25) is 10.0 Å². The van der Waals surface area contributed by atoms with Gasteiger partial charge in [0.1, 0.15) is 0 Å². The van der Waals surface area contributed by atoms with Gasteiger partial charge in [0.05, 0.1) is 10.0 Å². The number of amides is 3. The first kappa shape index (κ1) is 29.2. The average Bonchev–Trinajstić information content (AvgIpc) is 3.01. The van der Waals surface area contributed by atoms with Crippen LogP contribution >= 0.6 is 23.2 Å². The summed E-state index contributed by atoms with van der Waals surface area (Å²) in [6, 6.07) is 23.2. The zero-order chi connectivity index (χ0) is 29.1. The molecular weight excluding hydrogens is 557 g/mol. The summed E-state index contributed by atoms with van der Waals surface area (Å²) in [6.07, 6.45) is 1.99. The Labute approximate surface area is 251 Å². The van der Waals surface area contributed by atoms with Gasteiger partial charge in [-0.15, -0.1) is 0 Å². The number of hydrogen-bond acceptors (Lipinski definition) is 3. The van der Waals surface area contributed by atoms with Gasteiger partial charge in [0, 0.05) is 63.6 Å². The molecule has 2 heterocycles. The molecular formula is C33H35Cl2N3O3. The predicted molar refractivity (Wildman–Crippen MR) is 163 cm³/mol. The number of likely N-dealkylation sites (tertiary alicyclic amines) is 2. The van der Waals surface area contributed by atoms with E-state index in [0.717, 1.165) is 16.7 Å². The van der Waals surface area contributed by atoms with Crippen LogP contribution in [0.4, 0.5) is 0 Å². The Bertz CT molecular complexity index is 1400. The monoisotopic (exact) mass is 591 g/mol. The van der Waals surface area contributed by atoms with Gasteiger partial charge in [-0.05, 0) is 60.2 Å². The second-order valence-electron chi connectivity index (χ2n) is 11.1. The van der Waals surface area contributed by atoms with Crippen molar-refractivity contribution in [3.8, 4) is 11.1 Å². The summed E-state index contributed by atoms with van der Waals surface area (Å²) in [6.45, 7) is 3.85. The van der Waals surface area contributed by atoms with Crippen molar-refractivity contribution in [2.45, 2.75) is 38.1 Å². The van der Waals surface area contributed by atoms with Gasteiger partial charge in [0.2, 0.25) is 11.8 Å². The lowest BCUT2D eigenvalue weighted by Gasteiger charge is -2.44. The lowest BCUT2D eigenvalue weighted by Crippen LogP contribution is -2.53. The SMILES string of the molecule is CC(=O)N1CCC(C(=O)N2CCC(N(C)C(=O)c3ccc(-c4ccccc4)cc3)C(c3ccc(Cl)c(Cl)c3)C2)CC1. The van der Waals surface area contributed by atoms with E-state index in [1.165, 1.54) is 0 Å². The first-order valence-electron chi connectivity index (χ1n) is 14.1. The van der Waals surface area contributed by atoms with Crippen LogP contribution < -0.4 is 0 Å². The molecule has 8 heteroatoms. The van der Waals surface area contributed by atoms with E-state index in [1.807, 2.05) is 88.5 Å². The van der Waals surface area contributed by atoms with Gasteiger partial charge >= 0.3 is 0 Å². The highest BCUT2D eigenvalue weighted by Crippen LogP contribution is 2.36. The Morgan fingerprint density at radius 2 is 1.41 bits per heavy atom. The molecule has 3 aromatic rings. The first-order chi connectivity index (χ1) is 19.7. The third kappa shape index (κ3) is 6.44. The van der Waals surface area contributed by atoms with Crippen molar-refractivity contribution in [2.75, 3.05) is 33.2 Å². The van der Waals surface area contributed by atoms with E-state index in [2.05, 4.69) is 0 Å². The van der Waals surface area contributed by atoms with Crippen LogP contribution in [0.3, 0.4) is 0 Å². The van der Waals surface area contributed by atoms with E-state index >= 15 is 0 Å². The molecule has 2 saturated heterocycles. The maximum atomic E-state index is 13.7. The summed E-state index contributed by atoms with van der Waals surface area (Å²) in [7, 11) is 1.84. The quantitative estimate of drug-likeness (QED) is 0.346. The standard InChI is InChI=1S/C33H35Cl2N3O3/c1-22(39)37-17-14-26(15-18-37)33(41)38-19-16-31(28(21-38)27-12-13-29(34)30(35)20-27)36(2)32(40)25-10-8-24(9-11-25)23-6-4-3-5-7-23/h3-13,20,26,28,31H,14-19,21H2,1-2H3. The maximum absolute atomic E-state index is 13.7. The molecule has 3 amide bonds. The molecule has 214 valence electrons. The summed E-state index contributed by atoms with van der Waals surface area (Å²) in [5, 5.41) is 0.921. The van der Waals surface area contributed by atoms with Crippen molar-refractivity contribution < 1.29 is 14.4 Å². The minimum Gasteiger partial charge on any atom is -0.343 e. The topological polar surface area (TPSA) is 60.9 Å². The molecule has 0 aliphatic carbocycles. The normalized spacial score (nSPS) is 19.6. The Morgan fingerprint density at radius 1 is 0.780 bits per heavy atom. The zero-order valence-corrected chi connectivity index (χ0v) is 24.9. The molecule has 0 saturated carbocycles. The Hall–Kier alpha value is -3.35. The number of halogens is 2. The van der Waals surface area contributed by atoms with Gasteiger partial charge in [-0.1, -0.05) is 71.7 Å². The highest BCUT2D eigenvalue weighted by molar-refractivity contribution is 6.42. The van der Waals surface area contributed by atoms with Crippen molar-refractivity contribution >= 4 is 40.9 Å². The van der Waals surface area contributed by atoms with Gasteiger partial charge in [-0.25, -0.2) is 0 Å². The summed E-state index contributed by atoms with van der Waals surface area (Å²) < 4.78 is 0. The van der Waals surface area contributed by atoms with Gasteiger partial charge in [-0.2, -0.15) is 0 Å². The lowest BCUT2D eigenvalue weighted by atomic mass is 9.83. The molecule has 6 nitrogen and oxygen atoms in total. The van der Waals surface area contributed by atoms with Crippen LogP contribution in [0.1, 0.15) is 48.0 Å². The van der Waals surface area contributed by atoms with Crippen LogP contribution in [-0.2, 0) is 9.59 Å². The van der Waals surface area contributed by atoms with Crippen molar-refractivity contribution in [1.82, 2.24) is 14.7 Å². The smallest absolute Gasteiger partial charge is 0.253 e. The van der Waals surface area contributed by atoms with Crippen LogP contribution in [0.25, 0.3) is 11.1 Å². The van der Waals surface area contributed by atoms with Crippen LogP contribution in [0.5, 0.6) is 0 Å². The molecule has 2 unspecified atom stereocenters. The second kappa shape index (κ2) is 12.7. The van der Waals surface area contributed by atoms with Gasteiger partial charge in [-0.3, -0.25) is 14.4 Å². The predicted octanol–water partition coefficient (Wildman–Crippen LogP) is 6.38. The number of nitrogens with zero attached hydrogens (tertiary/aromatic N) is 3. The molecule has 0 N–H and O–H groups in total. The molecule has 0 spiro atoms. The highest BCUT2D eigenvalue weighted by Gasteiger charge is 2.39. The highest BCUT2D eigenvalue weighted by atomic mass is 35.5. The molecule has 2 atom stereocenters. The second-order valence-corrected chi connectivity index (χ2v) is 11.9. The molecule has 0 radical (unpaired) electrons. The van der Waals surface area contributed by atoms with E-state index in [-0.39, 0.29) is 35.6 Å². The van der Waals surface area contributed by atoms with E-state index in [1.54, 1.807) is 13.0 Å². The van der Waals surface area contributed by atoms with E-state index in [9.17, 15) is 14.4 Å². The number of hydrogen-bond donors (Lipinski definition) is 0. The Balaban J connectivity index is 1.35. The van der Waals surface area contributed by atoms with Crippen molar-refractivity contribution in [2.24, 2.45) is 5.92 Å². The van der Waals surface area contributed by atoms with Gasteiger partial charge < -0.3 is 14.7 Å². The van der Waals surface area contributed by atoms with E-state index < -0.39 is 0 Å². The summed E-state index contributed by atoms with van der Waals surface area (Å²) in [5.74, 6) is -0.103. The number of benzene rings is 3. The van der Waals surface area contributed by atoms with Crippen LogP contribution in [-0.4, -0.2) is 71.7 Å². The van der Waals surface area contributed by atoms with Gasteiger partial charge in [0.25, 0.3) is 5.91 Å². The average molecular weight is 593 g/mol. The van der Waals surface area contributed by atoms with Gasteiger partial charge in [0.15, 0.2) is 0 Å². The third-order valence-electron chi connectivity index (χ3n) is 8.61. The minimum atomic E-state index is -0.128. The number of piperidine rings is 2. The minimum absolute atomic E-state index is 0.0544. The fraction of sp³-hybridized carbons (Fsp3) is 0.364. The van der Waals surface area contributed by atoms with Crippen molar-refractivity contribution in [3.63, 3.8) is 0 Å². The fourth-order valence-corrected chi connectivity index (χ4v) is 6.47. The first-order valence-corrected chi connectivity index (χ1v) is 14.9. The number of carbonyl (C=O) groups is 3. The van der Waals surface area contributed by atoms with Crippen LogP contribution in [0, 0.1) is 5.92 Å².